The van der Waals surface area contributed by atoms with Gasteiger partial charge in [0.1, 0.15) is 0 Å². The summed E-state index contributed by atoms with van der Waals surface area (Å²) in [6.45, 7) is 7.26. The van der Waals surface area contributed by atoms with E-state index in [9.17, 15) is 0 Å². The van der Waals surface area contributed by atoms with Crippen LogP contribution in [-0.2, 0) is 0 Å². The maximum Gasteiger partial charge on any atom is 0.0623 e. The molecule has 2 heteroatoms. The summed E-state index contributed by atoms with van der Waals surface area (Å²) >= 11 is 0. The van der Waals surface area contributed by atoms with E-state index >= 15 is 0 Å². The molecule has 0 bridgehead atoms. The molecule has 0 saturated carbocycles. The monoisotopic (exact) mass is 224 g/mol. The van der Waals surface area contributed by atoms with Gasteiger partial charge in [-0.05, 0) is 30.4 Å². The van der Waals surface area contributed by atoms with Crippen molar-refractivity contribution in [2.24, 2.45) is 4.99 Å². The van der Waals surface area contributed by atoms with Gasteiger partial charge in [0, 0.05) is 18.1 Å². The predicted octanol–water partition coefficient (Wildman–Crippen LogP) is 3.94. The van der Waals surface area contributed by atoms with Crippen molar-refractivity contribution in [3.63, 3.8) is 0 Å². The van der Waals surface area contributed by atoms with Crippen LogP contribution in [0, 0.1) is 0 Å². The van der Waals surface area contributed by atoms with Gasteiger partial charge in [0.05, 0.1) is 5.70 Å². The molecular weight excluding hydrogens is 208 g/mol. The molecule has 1 rings (SSSR count). The molecule has 0 amide bonds. The maximum absolute atomic E-state index is 4.18. The van der Waals surface area contributed by atoms with E-state index in [-0.39, 0.29) is 0 Å². The van der Waals surface area contributed by atoms with Crippen molar-refractivity contribution in [1.82, 2.24) is 0 Å². The van der Waals surface area contributed by atoms with Crippen molar-refractivity contribution in [3.05, 3.63) is 79.7 Å². The first-order valence-electron chi connectivity index (χ1n) is 5.33. The van der Waals surface area contributed by atoms with Crippen molar-refractivity contribution in [3.8, 4) is 0 Å². The number of para-hydroxylation sites is 1. The summed E-state index contributed by atoms with van der Waals surface area (Å²) in [5.41, 5.74) is 1.83. The second-order valence-electron chi connectivity index (χ2n) is 3.18. The highest BCUT2D eigenvalue weighted by Crippen LogP contribution is 2.04. The van der Waals surface area contributed by atoms with Gasteiger partial charge in [-0.2, -0.15) is 0 Å². The zero-order valence-electron chi connectivity index (χ0n) is 9.71. The largest absolute Gasteiger partial charge is 0.362 e. The van der Waals surface area contributed by atoms with Crippen LogP contribution in [0.3, 0.4) is 0 Å². The number of allylic oxidation sites excluding steroid dienone is 4. The number of nitrogens with zero attached hydrogens (tertiary/aromatic N) is 1. The Labute approximate surface area is 102 Å². The number of hydrogen-bond donors (Lipinski definition) is 1. The lowest BCUT2D eigenvalue weighted by Gasteiger charge is -1.97. The minimum Gasteiger partial charge on any atom is -0.362 e. The molecule has 0 spiro atoms. The van der Waals surface area contributed by atoms with Crippen LogP contribution in [0.5, 0.6) is 0 Å². The van der Waals surface area contributed by atoms with Gasteiger partial charge in [0.15, 0.2) is 0 Å². The fourth-order valence-electron chi connectivity index (χ4n) is 1.14. The van der Waals surface area contributed by atoms with Crippen LogP contribution >= 0.6 is 0 Å². The maximum atomic E-state index is 4.18. The molecule has 0 heterocycles. The highest BCUT2D eigenvalue weighted by atomic mass is 14.8. The molecule has 0 aromatic heterocycles. The third-order valence-corrected chi connectivity index (χ3v) is 1.93. The van der Waals surface area contributed by atoms with E-state index in [1.54, 1.807) is 24.4 Å². The van der Waals surface area contributed by atoms with E-state index in [1.807, 2.05) is 42.6 Å². The highest BCUT2D eigenvalue weighted by molar-refractivity contribution is 5.73. The normalized spacial score (nSPS) is 11.9. The zero-order chi connectivity index (χ0) is 12.3. The third kappa shape index (κ3) is 5.33. The Morgan fingerprint density at radius 1 is 1.18 bits per heavy atom. The molecule has 0 unspecified atom stereocenters. The summed E-state index contributed by atoms with van der Waals surface area (Å²) in [4.78, 5) is 4.18. The predicted molar refractivity (Wildman–Crippen MR) is 76.2 cm³/mol. The third-order valence-electron chi connectivity index (χ3n) is 1.93. The molecule has 0 aliphatic carbocycles. The summed E-state index contributed by atoms with van der Waals surface area (Å²) < 4.78 is 0. The first-order valence-corrected chi connectivity index (χ1v) is 5.33. The molecule has 2 nitrogen and oxygen atoms in total. The Morgan fingerprint density at radius 2 is 1.94 bits per heavy atom. The number of rotatable bonds is 6. The Balaban J connectivity index is 2.45. The summed E-state index contributed by atoms with van der Waals surface area (Å²) in [6, 6.07) is 9.93. The fourth-order valence-corrected chi connectivity index (χ4v) is 1.14. The number of hydrogen-bond acceptors (Lipinski definition) is 2. The Hall–Kier alpha value is -2.35. The average Bonchev–Trinajstić information content (AvgIpc) is 2.38. The Kier molecular flexibility index (Phi) is 5.89. The van der Waals surface area contributed by atoms with Crippen molar-refractivity contribution in [1.29, 1.82) is 0 Å². The van der Waals surface area contributed by atoms with Crippen LogP contribution in [0.4, 0.5) is 5.69 Å². The minimum atomic E-state index is 0.782. The van der Waals surface area contributed by atoms with Gasteiger partial charge in [-0.1, -0.05) is 37.4 Å². The summed E-state index contributed by atoms with van der Waals surface area (Å²) in [5, 5.41) is 3.13. The average molecular weight is 224 g/mol. The van der Waals surface area contributed by atoms with E-state index in [0.717, 1.165) is 11.4 Å². The van der Waals surface area contributed by atoms with Crippen LogP contribution in [-0.4, -0.2) is 6.21 Å². The minimum absolute atomic E-state index is 0.782. The first-order chi connectivity index (χ1) is 8.36. The summed E-state index contributed by atoms with van der Waals surface area (Å²) in [7, 11) is 0. The molecule has 0 atom stereocenters. The van der Waals surface area contributed by atoms with Crippen LogP contribution in [0.1, 0.15) is 0 Å². The van der Waals surface area contributed by atoms with Gasteiger partial charge in [-0.3, -0.25) is 4.99 Å². The van der Waals surface area contributed by atoms with Crippen LogP contribution < -0.4 is 5.32 Å². The second-order valence-corrected chi connectivity index (χ2v) is 3.18. The van der Waals surface area contributed by atoms with Crippen molar-refractivity contribution in [2.45, 2.75) is 0 Å². The summed E-state index contributed by atoms with van der Waals surface area (Å²) in [5.74, 6) is 0. The quantitative estimate of drug-likeness (QED) is 0.574. The van der Waals surface area contributed by atoms with Crippen molar-refractivity contribution in [2.75, 3.05) is 5.32 Å². The molecule has 17 heavy (non-hydrogen) atoms. The van der Waals surface area contributed by atoms with E-state index in [2.05, 4.69) is 23.5 Å². The van der Waals surface area contributed by atoms with Gasteiger partial charge in [0.25, 0.3) is 0 Å². The molecular formula is C15H16N2. The van der Waals surface area contributed by atoms with E-state index in [1.165, 1.54) is 0 Å². The first kappa shape index (κ1) is 12.7. The lowest BCUT2D eigenvalue weighted by molar-refractivity contribution is 1.43. The van der Waals surface area contributed by atoms with Gasteiger partial charge in [-0.25, -0.2) is 0 Å². The molecule has 1 aromatic rings. The van der Waals surface area contributed by atoms with Gasteiger partial charge in [0.2, 0.25) is 0 Å². The smallest absolute Gasteiger partial charge is 0.0623 e. The van der Waals surface area contributed by atoms with Crippen LogP contribution in [0.25, 0.3) is 0 Å². The van der Waals surface area contributed by atoms with E-state index in [4.69, 9.17) is 0 Å². The second kappa shape index (κ2) is 7.88. The van der Waals surface area contributed by atoms with Gasteiger partial charge < -0.3 is 5.32 Å². The Bertz CT molecular complexity index is 439. The highest BCUT2D eigenvalue weighted by Gasteiger charge is 1.82. The van der Waals surface area contributed by atoms with Crippen LogP contribution in [0.2, 0.25) is 0 Å². The van der Waals surface area contributed by atoms with E-state index in [0.29, 0.717) is 0 Å². The zero-order valence-corrected chi connectivity index (χ0v) is 9.71. The van der Waals surface area contributed by atoms with Crippen LogP contribution in [0.15, 0.2) is 84.7 Å². The lowest BCUT2D eigenvalue weighted by atomic mass is 10.3. The Morgan fingerprint density at radius 3 is 2.59 bits per heavy atom. The van der Waals surface area contributed by atoms with Gasteiger partial charge in [-0.15, -0.1) is 0 Å². The molecule has 0 aliphatic heterocycles. The van der Waals surface area contributed by atoms with Gasteiger partial charge >= 0.3 is 0 Å². The molecule has 1 N–H and O–H groups in total. The topological polar surface area (TPSA) is 24.4 Å². The standard InChI is InChI=1S/C15H16N2/c1-3-9-14(4-2)16-12-8-13-17-15-10-6-5-7-11-15/h3-13,17H,1-2H2/b13-8+,14-9+,16-12+. The molecule has 1 aromatic carbocycles. The molecule has 86 valence electrons. The number of aliphatic imine (C=N–C) groups is 1. The molecule has 0 fully saturated rings. The molecule has 0 aliphatic rings. The SMILES string of the molecule is C=C/C=C(C=C)/N=C/C=C/Nc1ccccc1. The molecule has 0 radical (unpaired) electrons. The number of benzene rings is 1. The number of anilines is 1. The summed E-state index contributed by atoms with van der Waals surface area (Å²) in [6.07, 6.45) is 10.5. The lowest BCUT2D eigenvalue weighted by Crippen LogP contribution is -1.85. The van der Waals surface area contributed by atoms with Crippen molar-refractivity contribution >= 4 is 11.9 Å². The van der Waals surface area contributed by atoms with E-state index < -0.39 is 0 Å². The van der Waals surface area contributed by atoms with Crippen molar-refractivity contribution < 1.29 is 0 Å². The number of nitrogens with one attached hydrogen (secondary N) is 1. The fraction of sp³-hybridized carbons (Fsp3) is 0. The molecule has 0 saturated heterocycles.